The first-order valence-corrected chi connectivity index (χ1v) is 47.3. The van der Waals surface area contributed by atoms with Crippen molar-refractivity contribution in [2.24, 2.45) is 0 Å². The van der Waals surface area contributed by atoms with Crippen LogP contribution in [0.25, 0.3) is 264 Å². The number of aromatic nitrogens is 6. The number of fused-ring (bicyclic) bond motifs is 30. The van der Waals surface area contributed by atoms with Gasteiger partial charge < -0.3 is 40.7 Å². The summed E-state index contributed by atoms with van der Waals surface area (Å²) in [4.78, 5) is 0. The Labute approximate surface area is 805 Å². The number of rotatable bonds is 9. The van der Waals surface area contributed by atoms with E-state index in [9.17, 15) is 15.8 Å². The second-order valence-corrected chi connectivity index (χ2v) is 36.1. The summed E-state index contributed by atoms with van der Waals surface area (Å²) in [6, 6.07) is 166. The molecule has 9 aromatic heterocycles. The Kier molecular flexibility index (Phi) is 18.0. The summed E-state index contributed by atoms with van der Waals surface area (Å²) >= 11 is 0. The van der Waals surface area contributed by atoms with Gasteiger partial charge in [-0.3, -0.25) is 0 Å². The van der Waals surface area contributed by atoms with E-state index in [1.807, 2.05) is 84.9 Å². The van der Waals surface area contributed by atoms with Crippen molar-refractivity contribution >= 4 is 197 Å². The molecule has 12 nitrogen and oxygen atoms in total. The number of nitrogens with zero attached hydrogens (tertiary/aromatic N) is 9. The molecule has 0 aliphatic heterocycles. The van der Waals surface area contributed by atoms with Gasteiger partial charge in [0.2, 0.25) is 0 Å². The smallest absolute Gasteiger partial charge is 0.145 e. The molecule has 30 aromatic rings. The number of hydrogen-bond acceptors (Lipinski definition) is 6. The maximum atomic E-state index is 10.5. The molecule has 0 saturated carbocycles. The van der Waals surface area contributed by atoms with Gasteiger partial charge in [0.15, 0.2) is 0 Å². The Bertz CT molecular complexity index is 10300. The van der Waals surface area contributed by atoms with E-state index in [0.29, 0.717) is 16.7 Å². The van der Waals surface area contributed by atoms with E-state index in [4.69, 9.17) is 13.3 Å². The van der Waals surface area contributed by atoms with Crippen LogP contribution in [0.15, 0.2) is 468 Å². The molecule has 141 heavy (non-hydrogen) atoms. The molecule has 0 spiro atoms. The average Bonchev–Trinajstić information content (AvgIpc) is 1.56. The molecule has 21 aromatic carbocycles. The number of para-hydroxylation sites is 13. The van der Waals surface area contributed by atoms with E-state index in [2.05, 4.69) is 416 Å². The summed E-state index contributed by atoms with van der Waals surface area (Å²) in [5.74, 6) is 0. The molecule has 654 valence electrons. The van der Waals surface area contributed by atoms with Crippen LogP contribution in [0.5, 0.6) is 0 Å². The van der Waals surface area contributed by atoms with Crippen LogP contribution in [-0.2, 0) is 0 Å². The summed E-state index contributed by atoms with van der Waals surface area (Å²) in [7, 11) is 0. The molecule has 0 fully saturated rings. The Hall–Kier alpha value is -19.7. The van der Waals surface area contributed by atoms with Gasteiger partial charge in [-0.1, -0.05) is 273 Å². The average molecular weight is 1800 g/mol. The molecule has 9 heterocycles. The Morgan fingerprint density at radius 1 is 0.177 bits per heavy atom. The van der Waals surface area contributed by atoms with Crippen LogP contribution in [0.3, 0.4) is 0 Å². The Morgan fingerprint density at radius 3 is 0.865 bits per heavy atom. The molecule has 0 amide bonds. The fourth-order valence-corrected chi connectivity index (χ4v) is 22.6. The number of furan rings is 3. The van der Waals surface area contributed by atoms with Gasteiger partial charge in [-0.25, -0.2) is 0 Å². The molecule has 30 rings (SSSR count). The topological polar surface area (TPSA) is 140 Å². The van der Waals surface area contributed by atoms with Gasteiger partial charge in [0, 0.05) is 115 Å². The van der Waals surface area contributed by atoms with Crippen molar-refractivity contribution in [3.05, 3.63) is 472 Å². The van der Waals surface area contributed by atoms with E-state index < -0.39 is 0 Å². The van der Waals surface area contributed by atoms with Crippen LogP contribution >= 0.6 is 0 Å². The van der Waals surface area contributed by atoms with E-state index >= 15 is 0 Å². The summed E-state index contributed by atoms with van der Waals surface area (Å²) < 4.78 is 33.6. The molecule has 0 aliphatic carbocycles. The zero-order chi connectivity index (χ0) is 93.2. The first-order chi connectivity index (χ1) is 69.9. The minimum atomic E-state index is 0.622. The molecule has 0 unspecified atom stereocenters. The monoisotopic (exact) mass is 1800 g/mol. The first kappa shape index (κ1) is 79.8. The second-order valence-electron chi connectivity index (χ2n) is 36.1. The molecular weight excluding hydrogens is 1720 g/mol. The van der Waals surface area contributed by atoms with Crippen LogP contribution < -0.4 is 0 Å². The predicted molar refractivity (Wildman–Crippen MR) is 578 cm³/mol. The molecule has 0 saturated heterocycles. The molecule has 0 radical (unpaired) electrons. The third-order valence-corrected chi connectivity index (χ3v) is 28.7. The zero-order valence-electron chi connectivity index (χ0n) is 75.6. The lowest BCUT2D eigenvalue weighted by atomic mass is 9.98. The van der Waals surface area contributed by atoms with Crippen LogP contribution in [-0.4, -0.2) is 27.4 Å². The quantitative estimate of drug-likeness (QED) is 0.141. The highest BCUT2D eigenvalue weighted by Gasteiger charge is 2.29. The summed E-state index contributed by atoms with van der Waals surface area (Å²) in [6.07, 6.45) is 0. The fraction of sp³-hybridized carbons (Fsp3) is 0. The first-order valence-electron chi connectivity index (χ1n) is 47.3. The molecule has 0 aliphatic rings. The Balaban J connectivity index is 0.000000104. The minimum Gasteiger partial charge on any atom is -0.455 e. The van der Waals surface area contributed by atoms with Gasteiger partial charge in [-0.2, -0.15) is 15.8 Å². The zero-order valence-corrected chi connectivity index (χ0v) is 75.6. The van der Waals surface area contributed by atoms with E-state index in [1.165, 1.54) is 21.5 Å². The minimum absolute atomic E-state index is 0.622. The van der Waals surface area contributed by atoms with Crippen LogP contribution in [0.1, 0.15) is 16.7 Å². The van der Waals surface area contributed by atoms with Gasteiger partial charge in [-0.05, 0) is 199 Å². The highest BCUT2D eigenvalue weighted by Crippen LogP contribution is 2.50. The number of benzene rings is 21. The largest absolute Gasteiger partial charge is 0.455 e. The van der Waals surface area contributed by atoms with Crippen molar-refractivity contribution in [2.45, 2.75) is 0 Å². The fourth-order valence-electron chi connectivity index (χ4n) is 22.6. The maximum Gasteiger partial charge on any atom is 0.145 e. The van der Waals surface area contributed by atoms with Crippen molar-refractivity contribution in [1.82, 2.24) is 27.4 Å². The molecule has 0 bridgehead atoms. The molecule has 0 atom stereocenters. The lowest BCUT2D eigenvalue weighted by Gasteiger charge is -2.16. The van der Waals surface area contributed by atoms with Gasteiger partial charge in [0.05, 0.1) is 128 Å². The number of hydrogen-bond donors (Lipinski definition) is 0. The van der Waals surface area contributed by atoms with Crippen LogP contribution in [0, 0.1) is 34.0 Å². The summed E-state index contributed by atoms with van der Waals surface area (Å²) in [6.45, 7) is 0. The van der Waals surface area contributed by atoms with Gasteiger partial charge in [0.25, 0.3) is 0 Å². The molecule has 12 heteroatoms. The van der Waals surface area contributed by atoms with E-state index in [-0.39, 0.29) is 0 Å². The van der Waals surface area contributed by atoms with Crippen molar-refractivity contribution in [1.29, 1.82) is 15.8 Å². The lowest BCUT2D eigenvalue weighted by molar-refractivity contribution is 0.672. The van der Waals surface area contributed by atoms with Crippen LogP contribution in [0.2, 0.25) is 0 Å². The van der Waals surface area contributed by atoms with Gasteiger partial charge in [0.1, 0.15) is 39.6 Å². The summed E-state index contributed by atoms with van der Waals surface area (Å²) in [5.41, 5.74) is 32.7. The van der Waals surface area contributed by atoms with Crippen LogP contribution in [0.4, 0.5) is 0 Å². The van der Waals surface area contributed by atoms with Gasteiger partial charge in [-0.15, -0.1) is 0 Å². The highest BCUT2D eigenvalue weighted by molar-refractivity contribution is 6.28. The third-order valence-electron chi connectivity index (χ3n) is 28.7. The maximum absolute atomic E-state index is 10.5. The van der Waals surface area contributed by atoms with E-state index in [1.54, 1.807) is 0 Å². The van der Waals surface area contributed by atoms with Crippen molar-refractivity contribution in [3.63, 3.8) is 0 Å². The highest BCUT2D eigenvalue weighted by atomic mass is 16.3. The van der Waals surface area contributed by atoms with Gasteiger partial charge >= 0.3 is 0 Å². The normalized spacial score (nSPS) is 11.8. The van der Waals surface area contributed by atoms with Crippen molar-refractivity contribution in [3.8, 4) is 85.7 Å². The second kappa shape index (κ2) is 31.7. The molecule has 0 N–H and O–H groups in total. The molecular formula is C129H75N9O3. The lowest BCUT2D eigenvalue weighted by Crippen LogP contribution is -2.01. The third kappa shape index (κ3) is 12.2. The SMILES string of the molecule is N#Cc1ccc(-c2ccc3c4c5oc6ccccc6c5ccc4n(-c4ccccc4)c3c2)c(-n2c3ccccc3c3ccccc32)c1.N#Cc1ccc(-n2c3ccccc3c3ccccc32)c(-c2ccc3c4c5oc6ccccc6c5ccc4n(-c4ccccc4)c3c2)c1.N#Cc1cccc(-c2ccc3c4c5oc6ccccc6c5ccc4n(-c4ccccc4)c3c2)c1-n1c2ccccc2c2ccccc21. The van der Waals surface area contributed by atoms with Crippen molar-refractivity contribution in [2.75, 3.05) is 0 Å². The van der Waals surface area contributed by atoms with Crippen molar-refractivity contribution < 1.29 is 13.3 Å². The Morgan fingerprint density at radius 2 is 0.489 bits per heavy atom. The summed E-state index contributed by atoms with van der Waals surface area (Å²) in [5, 5.41) is 50.9. The number of nitriles is 3. The van der Waals surface area contributed by atoms with E-state index in [0.717, 1.165) is 243 Å². The standard InChI is InChI=1S/3C43H25N3O/c44-26-28-11-10-17-30(42(28)46-36-18-7-4-14-31(36)32-15-5-8-19-37(32)46)27-21-22-35-39(25-27)45(29-12-2-1-3-13-29)38-24-23-34-33-16-6-9-20-40(33)47-43(34)41(35)38;44-26-27-18-22-38(46-36-15-7-4-12-30(36)31-13-5-8-16-37(31)46)35(24-27)28-19-20-34-40(25-28)45(29-10-2-1-3-11-29)39-23-21-33-32-14-6-9-17-41(32)47-43(33)42(34)39;44-26-27-18-20-30(39(24-27)46-36-15-7-4-12-31(36)32-13-5-8-16-37(32)46)28-19-21-35-40(25-28)45(29-10-2-1-3-11-29)38-23-22-34-33-14-6-9-17-41(33)47-43(34)42(35)38/h3*1-25H. The predicted octanol–water partition coefficient (Wildman–Crippen LogP) is 34.0.